The summed E-state index contributed by atoms with van der Waals surface area (Å²) < 4.78 is 0. The molecule has 0 aliphatic carbocycles. The van der Waals surface area contributed by atoms with Gasteiger partial charge in [-0.05, 0) is 52.9 Å². The molecule has 25 heavy (non-hydrogen) atoms. The van der Waals surface area contributed by atoms with Gasteiger partial charge >= 0.3 is 0 Å². The largest absolute Gasteiger partial charge is 0.378 e. The molecule has 0 saturated heterocycles. The van der Waals surface area contributed by atoms with Gasteiger partial charge in [-0.1, -0.05) is 19.1 Å². The fourth-order valence-corrected chi connectivity index (χ4v) is 3.15. The van der Waals surface area contributed by atoms with Crippen LogP contribution in [0.15, 0.2) is 46.1 Å². The highest BCUT2D eigenvalue weighted by molar-refractivity contribution is 14.0. The van der Waals surface area contributed by atoms with Crippen molar-refractivity contribution < 1.29 is 0 Å². The fraction of sp³-hybridized carbons (Fsp3) is 0.421. The minimum absolute atomic E-state index is 0. The van der Waals surface area contributed by atoms with Gasteiger partial charge in [-0.3, -0.25) is 0 Å². The minimum Gasteiger partial charge on any atom is -0.378 e. The molecule has 1 unspecified atom stereocenters. The number of anilines is 1. The SMILES string of the molecule is CCNC(=NCc1cccc(N(C)C)c1)NCC(C)c1ccsc1.I. The lowest BCUT2D eigenvalue weighted by molar-refractivity contribution is 0.701. The summed E-state index contributed by atoms with van der Waals surface area (Å²) >= 11 is 1.75. The van der Waals surface area contributed by atoms with E-state index >= 15 is 0 Å². The van der Waals surface area contributed by atoms with Crippen LogP contribution in [-0.2, 0) is 6.54 Å². The van der Waals surface area contributed by atoms with Crippen LogP contribution in [0.1, 0.15) is 30.9 Å². The Morgan fingerprint density at radius 3 is 2.68 bits per heavy atom. The number of nitrogens with one attached hydrogen (secondary N) is 2. The van der Waals surface area contributed by atoms with Crippen LogP contribution in [0.25, 0.3) is 0 Å². The van der Waals surface area contributed by atoms with Crippen molar-refractivity contribution in [3.63, 3.8) is 0 Å². The first kappa shape index (κ1) is 21.8. The van der Waals surface area contributed by atoms with Crippen molar-refractivity contribution in [2.24, 2.45) is 4.99 Å². The number of hydrogen-bond donors (Lipinski definition) is 2. The number of benzene rings is 1. The van der Waals surface area contributed by atoms with E-state index in [0.717, 1.165) is 19.0 Å². The zero-order valence-electron chi connectivity index (χ0n) is 15.5. The van der Waals surface area contributed by atoms with Gasteiger partial charge in [-0.25, -0.2) is 4.99 Å². The summed E-state index contributed by atoms with van der Waals surface area (Å²) in [5.41, 5.74) is 3.79. The Bertz CT molecular complexity index is 641. The van der Waals surface area contributed by atoms with E-state index in [4.69, 9.17) is 4.99 Å². The van der Waals surface area contributed by atoms with Crippen LogP contribution in [-0.4, -0.2) is 33.1 Å². The molecule has 0 saturated carbocycles. The summed E-state index contributed by atoms with van der Waals surface area (Å²) in [6.07, 6.45) is 0. The van der Waals surface area contributed by atoms with Gasteiger partial charge in [0, 0.05) is 32.9 Å². The molecule has 0 bridgehead atoms. The van der Waals surface area contributed by atoms with Gasteiger partial charge in [0.15, 0.2) is 5.96 Å². The van der Waals surface area contributed by atoms with Gasteiger partial charge in [-0.15, -0.1) is 24.0 Å². The van der Waals surface area contributed by atoms with Gasteiger partial charge in [-0.2, -0.15) is 11.3 Å². The summed E-state index contributed by atoms with van der Waals surface area (Å²) in [6, 6.07) is 10.7. The van der Waals surface area contributed by atoms with Crippen molar-refractivity contribution in [2.45, 2.75) is 26.3 Å². The number of halogens is 1. The van der Waals surface area contributed by atoms with Gasteiger partial charge in [0.05, 0.1) is 6.54 Å². The van der Waals surface area contributed by atoms with Gasteiger partial charge < -0.3 is 15.5 Å². The highest BCUT2D eigenvalue weighted by atomic mass is 127. The predicted octanol–water partition coefficient (Wildman–Crippen LogP) is 4.29. The van der Waals surface area contributed by atoms with E-state index in [0.29, 0.717) is 12.5 Å². The third-order valence-corrected chi connectivity index (χ3v) is 4.58. The molecule has 1 atom stereocenters. The monoisotopic (exact) mass is 472 g/mol. The lowest BCUT2D eigenvalue weighted by Crippen LogP contribution is -2.39. The molecule has 4 nitrogen and oxygen atoms in total. The zero-order chi connectivity index (χ0) is 17.4. The molecule has 2 N–H and O–H groups in total. The highest BCUT2D eigenvalue weighted by Crippen LogP contribution is 2.17. The number of nitrogens with zero attached hydrogens (tertiary/aromatic N) is 2. The zero-order valence-corrected chi connectivity index (χ0v) is 18.6. The molecule has 2 aromatic rings. The van der Waals surface area contributed by atoms with E-state index in [1.165, 1.54) is 16.8 Å². The topological polar surface area (TPSA) is 39.7 Å². The van der Waals surface area contributed by atoms with Crippen molar-refractivity contribution in [1.29, 1.82) is 0 Å². The standard InChI is InChI=1S/C19H28N4S.HI/c1-5-20-19(21-12-15(2)17-9-10-24-14-17)22-13-16-7-6-8-18(11-16)23(3)4;/h6-11,14-15H,5,12-13H2,1-4H3,(H2,20,21,22);1H. The Hall–Kier alpha value is -1.28. The van der Waals surface area contributed by atoms with E-state index in [-0.39, 0.29) is 24.0 Å². The van der Waals surface area contributed by atoms with E-state index in [2.05, 4.69) is 84.6 Å². The lowest BCUT2D eigenvalue weighted by atomic mass is 10.1. The fourth-order valence-electron chi connectivity index (χ4n) is 2.37. The Balaban J connectivity index is 0.00000312. The Labute approximate surface area is 172 Å². The molecular weight excluding hydrogens is 443 g/mol. The van der Waals surface area contributed by atoms with E-state index in [9.17, 15) is 0 Å². The van der Waals surface area contributed by atoms with Crippen molar-refractivity contribution >= 4 is 47.0 Å². The van der Waals surface area contributed by atoms with Crippen molar-refractivity contribution in [1.82, 2.24) is 10.6 Å². The summed E-state index contributed by atoms with van der Waals surface area (Å²) in [5, 5.41) is 11.1. The minimum atomic E-state index is 0. The molecule has 0 radical (unpaired) electrons. The van der Waals surface area contributed by atoms with E-state index in [1.54, 1.807) is 11.3 Å². The van der Waals surface area contributed by atoms with Crippen LogP contribution in [0, 0.1) is 0 Å². The number of rotatable bonds is 7. The molecule has 138 valence electrons. The summed E-state index contributed by atoms with van der Waals surface area (Å²) in [4.78, 5) is 6.83. The second kappa shape index (κ2) is 11.4. The highest BCUT2D eigenvalue weighted by Gasteiger charge is 2.07. The quantitative estimate of drug-likeness (QED) is 0.359. The molecule has 1 heterocycles. The molecule has 0 spiro atoms. The first-order valence-corrected chi connectivity index (χ1v) is 9.35. The van der Waals surface area contributed by atoms with Crippen LogP contribution < -0.4 is 15.5 Å². The van der Waals surface area contributed by atoms with Gasteiger partial charge in [0.2, 0.25) is 0 Å². The van der Waals surface area contributed by atoms with Gasteiger partial charge in [0.25, 0.3) is 0 Å². The molecule has 1 aromatic heterocycles. The summed E-state index contributed by atoms with van der Waals surface area (Å²) in [6.45, 7) is 6.73. The van der Waals surface area contributed by atoms with Crippen molar-refractivity contribution in [2.75, 3.05) is 32.1 Å². The molecular formula is C19H29IN4S. The Morgan fingerprint density at radius 2 is 2.04 bits per heavy atom. The number of thiophene rings is 1. The first-order valence-electron chi connectivity index (χ1n) is 8.40. The summed E-state index contributed by atoms with van der Waals surface area (Å²) in [5.74, 6) is 1.34. The van der Waals surface area contributed by atoms with Gasteiger partial charge in [0.1, 0.15) is 0 Å². The van der Waals surface area contributed by atoms with Crippen LogP contribution >= 0.6 is 35.3 Å². The Kier molecular flexibility index (Phi) is 9.89. The second-order valence-electron chi connectivity index (χ2n) is 6.10. The molecule has 0 aliphatic rings. The predicted molar refractivity (Wildman–Crippen MR) is 122 cm³/mol. The maximum absolute atomic E-state index is 4.72. The van der Waals surface area contributed by atoms with Crippen LogP contribution in [0.2, 0.25) is 0 Å². The van der Waals surface area contributed by atoms with E-state index in [1.807, 2.05) is 0 Å². The molecule has 0 amide bonds. The Morgan fingerprint density at radius 1 is 1.24 bits per heavy atom. The molecule has 2 rings (SSSR count). The first-order chi connectivity index (χ1) is 11.6. The smallest absolute Gasteiger partial charge is 0.191 e. The van der Waals surface area contributed by atoms with Crippen LogP contribution in [0.4, 0.5) is 5.69 Å². The maximum atomic E-state index is 4.72. The molecule has 6 heteroatoms. The third-order valence-electron chi connectivity index (χ3n) is 3.88. The summed E-state index contributed by atoms with van der Waals surface area (Å²) in [7, 11) is 4.11. The van der Waals surface area contributed by atoms with Crippen LogP contribution in [0.3, 0.4) is 0 Å². The second-order valence-corrected chi connectivity index (χ2v) is 6.88. The normalized spacial score (nSPS) is 12.2. The lowest BCUT2D eigenvalue weighted by Gasteiger charge is -2.16. The number of hydrogen-bond acceptors (Lipinski definition) is 3. The van der Waals surface area contributed by atoms with Crippen molar-refractivity contribution in [3.05, 3.63) is 52.2 Å². The molecule has 0 fully saturated rings. The average Bonchev–Trinajstić information content (AvgIpc) is 3.12. The van der Waals surface area contributed by atoms with Crippen LogP contribution in [0.5, 0.6) is 0 Å². The average molecular weight is 472 g/mol. The molecule has 1 aromatic carbocycles. The third kappa shape index (κ3) is 7.23. The number of guanidine groups is 1. The van der Waals surface area contributed by atoms with E-state index < -0.39 is 0 Å². The van der Waals surface area contributed by atoms with Crippen molar-refractivity contribution in [3.8, 4) is 0 Å². The number of aliphatic imine (C=N–C) groups is 1. The maximum Gasteiger partial charge on any atom is 0.191 e. The molecule has 0 aliphatic heterocycles.